The minimum atomic E-state index is -0.858. The topological polar surface area (TPSA) is 102 Å². The van der Waals surface area contributed by atoms with Gasteiger partial charge in [0, 0.05) is 6.04 Å². The zero-order valence-corrected chi connectivity index (χ0v) is 19.3. The highest BCUT2D eigenvalue weighted by atomic mass is 16.5. The number of ether oxygens (including phenoxy) is 1. The molecule has 0 radical (unpaired) electrons. The Morgan fingerprint density at radius 2 is 1.85 bits per heavy atom. The average Bonchev–Trinajstić information content (AvgIpc) is 3.51. The third-order valence-electron chi connectivity index (χ3n) is 5.52. The third-order valence-corrected chi connectivity index (χ3v) is 5.52. The first kappa shape index (κ1) is 23.0. The number of carbonyl (C=O) groups excluding carboxylic acids is 2. The minimum Gasteiger partial charge on any atom is -0.497 e. The lowest BCUT2D eigenvalue weighted by Gasteiger charge is -2.34. The van der Waals surface area contributed by atoms with Crippen molar-refractivity contribution < 1.29 is 18.7 Å². The molecular formula is C25H27N5O4. The number of rotatable bonds is 9. The van der Waals surface area contributed by atoms with Gasteiger partial charge in [0.05, 0.1) is 25.4 Å². The number of methoxy groups -OCH3 is 1. The van der Waals surface area contributed by atoms with E-state index in [-0.39, 0.29) is 30.9 Å². The summed E-state index contributed by atoms with van der Waals surface area (Å²) in [6.45, 7) is 3.94. The second-order valence-electron chi connectivity index (χ2n) is 8.10. The van der Waals surface area contributed by atoms with Gasteiger partial charge in [-0.25, -0.2) is 4.68 Å². The molecule has 1 N–H and O–H groups in total. The molecule has 4 aromatic rings. The summed E-state index contributed by atoms with van der Waals surface area (Å²) in [6, 6.07) is 17.0. The van der Waals surface area contributed by atoms with Crippen LogP contribution in [0.25, 0.3) is 11.0 Å². The largest absolute Gasteiger partial charge is 0.497 e. The Hall–Kier alpha value is -4.14. The van der Waals surface area contributed by atoms with Gasteiger partial charge in [-0.15, -0.1) is 5.10 Å². The van der Waals surface area contributed by atoms with Gasteiger partial charge in [-0.3, -0.25) is 9.59 Å². The zero-order valence-electron chi connectivity index (χ0n) is 19.3. The standard InChI is InChI=1S/C25H27N5O4/c1-17(2)30(23(31)16-29-22-9-5-4-8-21(22)27-28-29)24(18-10-12-19(33-3)13-11-18)25(32)26-15-20-7-6-14-34-20/h4-14,17,24H,15-16H2,1-3H3,(H,26,32)/t24-/m1/s1. The van der Waals surface area contributed by atoms with Crippen LogP contribution >= 0.6 is 0 Å². The van der Waals surface area contributed by atoms with Crippen LogP contribution in [0, 0.1) is 0 Å². The number of para-hydroxylation sites is 1. The smallest absolute Gasteiger partial charge is 0.247 e. The maximum Gasteiger partial charge on any atom is 0.247 e. The fraction of sp³-hybridized carbons (Fsp3) is 0.280. The van der Waals surface area contributed by atoms with Gasteiger partial charge in [0.1, 0.15) is 29.6 Å². The molecule has 0 aliphatic heterocycles. The maximum absolute atomic E-state index is 13.6. The SMILES string of the molecule is COc1ccc([C@H](C(=O)NCc2ccco2)N(C(=O)Cn2nnc3ccccc32)C(C)C)cc1. The number of nitrogens with zero attached hydrogens (tertiary/aromatic N) is 4. The van der Waals surface area contributed by atoms with Crippen LogP contribution in [0.5, 0.6) is 5.75 Å². The number of aromatic nitrogens is 3. The van der Waals surface area contributed by atoms with E-state index in [4.69, 9.17) is 9.15 Å². The van der Waals surface area contributed by atoms with Gasteiger partial charge in [0.2, 0.25) is 11.8 Å². The van der Waals surface area contributed by atoms with Crippen LogP contribution in [-0.4, -0.2) is 44.9 Å². The van der Waals surface area contributed by atoms with Crippen molar-refractivity contribution in [1.29, 1.82) is 0 Å². The van der Waals surface area contributed by atoms with Crippen molar-refractivity contribution in [2.45, 2.75) is 39.0 Å². The molecule has 0 aliphatic rings. The molecule has 0 aliphatic carbocycles. The van der Waals surface area contributed by atoms with Crippen LogP contribution in [0.4, 0.5) is 0 Å². The van der Waals surface area contributed by atoms with Gasteiger partial charge in [-0.1, -0.05) is 29.5 Å². The van der Waals surface area contributed by atoms with E-state index in [1.54, 1.807) is 59.4 Å². The van der Waals surface area contributed by atoms with Crippen molar-refractivity contribution in [2.75, 3.05) is 7.11 Å². The highest BCUT2D eigenvalue weighted by Crippen LogP contribution is 2.27. The van der Waals surface area contributed by atoms with Crippen molar-refractivity contribution in [1.82, 2.24) is 25.2 Å². The third kappa shape index (κ3) is 4.93. The lowest BCUT2D eigenvalue weighted by molar-refractivity contribution is -0.143. The van der Waals surface area contributed by atoms with Crippen molar-refractivity contribution >= 4 is 22.8 Å². The molecule has 0 fully saturated rings. The van der Waals surface area contributed by atoms with Crippen molar-refractivity contribution in [2.24, 2.45) is 0 Å². The zero-order chi connectivity index (χ0) is 24.1. The molecule has 0 bridgehead atoms. The normalized spacial score (nSPS) is 12.0. The van der Waals surface area contributed by atoms with E-state index in [2.05, 4.69) is 15.6 Å². The Morgan fingerprint density at radius 3 is 2.53 bits per heavy atom. The summed E-state index contributed by atoms with van der Waals surface area (Å²) in [6.07, 6.45) is 1.55. The first-order valence-electron chi connectivity index (χ1n) is 11.0. The molecule has 34 heavy (non-hydrogen) atoms. The Bertz CT molecular complexity index is 1250. The van der Waals surface area contributed by atoms with E-state index in [0.29, 0.717) is 22.6 Å². The van der Waals surface area contributed by atoms with Gasteiger partial charge in [0.15, 0.2) is 0 Å². The van der Waals surface area contributed by atoms with Crippen molar-refractivity contribution in [3.8, 4) is 5.75 Å². The molecule has 0 spiro atoms. The molecule has 9 nitrogen and oxygen atoms in total. The predicted octanol–water partition coefficient (Wildman–Crippen LogP) is 3.33. The average molecular weight is 462 g/mol. The Morgan fingerprint density at radius 1 is 1.09 bits per heavy atom. The Kier molecular flexibility index (Phi) is 6.91. The lowest BCUT2D eigenvalue weighted by Crippen LogP contribution is -2.48. The van der Waals surface area contributed by atoms with E-state index in [0.717, 1.165) is 5.52 Å². The minimum absolute atomic E-state index is 0.0448. The number of benzene rings is 2. The molecule has 0 saturated heterocycles. The van der Waals surface area contributed by atoms with Crippen LogP contribution in [0.2, 0.25) is 0 Å². The summed E-state index contributed by atoms with van der Waals surface area (Å²) in [5.74, 6) is 0.722. The van der Waals surface area contributed by atoms with Gasteiger partial charge < -0.3 is 19.4 Å². The van der Waals surface area contributed by atoms with Gasteiger partial charge >= 0.3 is 0 Å². The summed E-state index contributed by atoms with van der Waals surface area (Å²) in [4.78, 5) is 28.6. The second-order valence-corrected chi connectivity index (χ2v) is 8.10. The summed E-state index contributed by atoms with van der Waals surface area (Å²) in [5.41, 5.74) is 2.13. The molecule has 4 rings (SSSR count). The van der Waals surface area contributed by atoms with Crippen LogP contribution < -0.4 is 10.1 Å². The first-order valence-corrected chi connectivity index (χ1v) is 11.0. The number of carbonyl (C=O) groups is 2. The molecular weight excluding hydrogens is 434 g/mol. The maximum atomic E-state index is 13.6. The fourth-order valence-corrected chi connectivity index (χ4v) is 3.88. The van der Waals surface area contributed by atoms with Crippen LogP contribution in [0.15, 0.2) is 71.3 Å². The quantitative estimate of drug-likeness (QED) is 0.410. The molecule has 2 amide bonds. The molecule has 2 aromatic heterocycles. The predicted molar refractivity (Wildman–Crippen MR) is 126 cm³/mol. The van der Waals surface area contributed by atoms with Crippen LogP contribution in [0.1, 0.15) is 31.2 Å². The van der Waals surface area contributed by atoms with Crippen molar-refractivity contribution in [3.05, 3.63) is 78.3 Å². The molecule has 9 heteroatoms. The number of nitrogens with one attached hydrogen (secondary N) is 1. The first-order chi connectivity index (χ1) is 16.5. The van der Waals surface area contributed by atoms with Crippen LogP contribution in [0.3, 0.4) is 0 Å². The Balaban J connectivity index is 1.64. The van der Waals surface area contributed by atoms with Gasteiger partial charge in [-0.2, -0.15) is 0 Å². The van der Waals surface area contributed by atoms with E-state index in [1.807, 2.05) is 38.1 Å². The van der Waals surface area contributed by atoms with Crippen LogP contribution in [-0.2, 0) is 22.7 Å². The summed E-state index contributed by atoms with van der Waals surface area (Å²) in [5, 5.41) is 11.2. The summed E-state index contributed by atoms with van der Waals surface area (Å²) in [7, 11) is 1.58. The van der Waals surface area contributed by atoms with E-state index in [1.165, 1.54) is 0 Å². The molecule has 0 saturated carbocycles. The monoisotopic (exact) mass is 461 g/mol. The summed E-state index contributed by atoms with van der Waals surface area (Å²) < 4.78 is 12.2. The number of furan rings is 1. The number of hydrogen-bond acceptors (Lipinski definition) is 6. The number of hydrogen-bond donors (Lipinski definition) is 1. The molecule has 176 valence electrons. The van der Waals surface area contributed by atoms with Gasteiger partial charge in [0.25, 0.3) is 0 Å². The molecule has 0 unspecified atom stereocenters. The lowest BCUT2D eigenvalue weighted by atomic mass is 10.0. The fourth-order valence-electron chi connectivity index (χ4n) is 3.88. The Labute approximate surface area is 197 Å². The van der Waals surface area contributed by atoms with Gasteiger partial charge in [-0.05, 0) is 55.8 Å². The highest BCUT2D eigenvalue weighted by Gasteiger charge is 2.33. The van der Waals surface area contributed by atoms with E-state index in [9.17, 15) is 9.59 Å². The molecule has 1 atom stereocenters. The molecule has 2 aromatic carbocycles. The number of fused-ring (bicyclic) bond motifs is 1. The summed E-state index contributed by atoms with van der Waals surface area (Å²) >= 11 is 0. The molecule has 2 heterocycles. The highest BCUT2D eigenvalue weighted by molar-refractivity contribution is 5.89. The van der Waals surface area contributed by atoms with E-state index >= 15 is 0 Å². The van der Waals surface area contributed by atoms with Crippen molar-refractivity contribution in [3.63, 3.8) is 0 Å². The van der Waals surface area contributed by atoms with E-state index < -0.39 is 6.04 Å². The second kappa shape index (κ2) is 10.2. The number of amides is 2.